The van der Waals surface area contributed by atoms with E-state index < -0.39 is 0 Å². The summed E-state index contributed by atoms with van der Waals surface area (Å²) >= 11 is 0. The van der Waals surface area contributed by atoms with Crippen LogP contribution in [0.3, 0.4) is 0 Å². The van der Waals surface area contributed by atoms with E-state index in [-0.39, 0.29) is 11.6 Å². The first-order valence-corrected chi connectivity index (χ1v) is 6.34. The van der Waals surface area contributed by atoms with Crippen molar-refractivity contribution in [2.45, 2.75) is 33.1 Å². The van der Waals surface area contributed by atoms with Crippen LogP contribution in [0, 0.1) is 0 Å². The molecule has 0 radical (unpaired) electrons. The lowest BCUT2D eigenvalue weighted by Gasteiger charge is -2.00. The van der Waals surface area contributed by atoms with Crippen LogP contribution in [0.5, 0.6) is 0 Å². The van der Waals surface area contributed by atoms with Crippen LogP contribution >= 0.6 is 0 Å². The van der Waals surface area contributed by atoms with E-state index in [1.54, 1.807) is 6.07 Å². The maximum Gasteiger partial charge on any atom is 0.279 e. The summed E-state index contributed by atoms with van der Waals surface area (Å²) in [7, 11) is 0. The Labute approximate surface area is 111 Å². The molecule has 0 fully saturated rings. The van der Waals surface area contributed by atoms with Crippen molar-refractivity contribution in [1.82, 2.24) is 20.4 Å². The number of H-pyrrole nitrogens is 2. The average Bonchev–Trinajstić information content (AvgIpc) is 2.98. The van der Waals surface area contributed by atoms with Crippen molar-refractivity contribution in [3.05, 3.63) is 23.1 Å². The molecule has 0 saturated carbocycles. The fourth-order valence-electron chi connectivity index (χ4n) is 1.78. The summed E-state index contributed by atoms with van der Waals surface area (Å²) in [5.41, 5.74) is 8.26. The van der Waals surface area contributed by atoms with E-state index in [9.17, 15) is 4.79 Å². The van der Waals surface area contributed by atoms with Gasteiger partial charge in [0.2, 0.25) is 0 Å². The molecule has 2 heterocycles. The molecule has 2 rings (SSSR count). The predicted octanol–water partition coefficient (Wildman–Crippen LogP) is 1.48. The summed E-state index contributed by atoms with van der Waals surface area (Å²) in [6.07, 6.45) is 2.54. The minimum atomic E-state index is -0.356. The lowest BCUT2D eigenvalue weighted by Crippen LogP contribution is -2.14. The molecule has 7 heteroatoms. The van der Waals surface area contributed by atoms with Gasteiger partial charge < -0.3 is 11.1 Å². The maximum absolute atomic E-state index is 12.0. The van der Waals surface area contributed by atoms with Gasteiger partial charge in [-0.15, -0.1) is 0 Å². The molecule has 0 spiro atoms. The van der Waals surface area contributed by atoms with E-state index in [1.807, 2.05) is 13.8 Å². The minimum Gasteiger partial charge on any atom is -0.395 e. The SMILES string of the molecule is CCCc1[nH]nc(C(=O)Nc2cc(CC)[nH]n2)c1N. The quantitative estimate of drug-likeness (QED) is 0.653. The molecule has 0 saturated heterocycles. The highest BCUT2D eigenvalue weighted by Gasteiger charge is 2.17. The monoisotopic (exact) mass is 262 g/mol. The van der Waals surface area contributed by atoms with Crippen LogP contribution in [-0.2, 0) is 12.8 Å². The summed E-state index contributed by atoms with van der Waals surface area (Å²) in [6, 6.07) is 1.79. The molecule has 0 atom stereocenters. The van der Waals surface area contributed by atoms with Gasteiger partial charge in [-0.2, -0.15) is 10.2 Å². The van der Waals surface area contributed by atoms with Crippen molar-refractivity contribution in [2.24, 2.45) is 0 Å². The number of amides is 1. The van der Waals surface area contributed by atoms with Crippen molar-refractivity contribution in [2.75, 3.05) is 11.1 Å². The van der Waals surface area contributed by atoms with Gasteiger partial charge in [0, 0.05) is 11.8 Å². The third-order valence-corrected chi connectivity index (χ3v) is 2.85. The second-order valence-electron chi connectivity index (χ2n) is 4.30. The van der Waals surface area contributed by atoms with Gasteiger partial charge in [0.05, 0.1) is 11.4 Å². The number of aromatic nitrogens is 4. The second-order valence-corrected chi connectivity index (χ2v) is 4.30. The van der Waals surface area contributed by atoms with Gasteiger partial charge in [-0.25, -0.2) is 0 Å². The number of hydrogen-bond acceptors (Lipinski definition) is 4. The first-order valence-electron chi connectivity index (χ1n) is 6.34. The number of nitrogens with two attached hydrogens (primary N) is 1. The minimum absolute atomic E-state index is 0.212. The molecule has 1 amide bonds. The topological polar surface area (TPSA) is 112 Å². The van der Waals surface area contributed by atoms with Gasteiger partial charge >= 0.3 is 0 Å². The van der Waals surface area contributed by atoms with Crippen LogP contribution in [0.4, 0.5) is 11.5 Å². The highest BCUT2D eigenvalue weighted by Crippen LogP contribution is 2.17. The van der Waals surface area contributed by atoms with E-state index in [4.69, 9.17) is 5.73 Å². The van der Waals surface area contributed by atoms with E-state index in [2.05, 4.69) is 25.7 Å². The molecule has 0 aromatic carbocycles. The molecule has 0 aliphatic carbocycles. The van der Waals surface area contributed by atoms with Gasteiger partial charge in [-0.1, -0.05) is 20.3 Å². The van der Waals surface area contributed by atoms with Gasteiger partial charge in [0.1, 0.15) is 0 Å². The Morgan fingerprint density at radius 2 is 2.16 bits per heavy atom. The Morgan fingerprint density at radius 1 is 1.37 bits per heavy atom. The number of aromatic amines is 2. The smallest absolute Gasteiger partial charge is 0.279 e. The van der Waals surface area contributed by atoms with Crippen LogP contribution in [-0.4, -0.2) is 26.3 Å². The standard InChI is InChI=1S/C12H18N6O/c1-3-5-8-10(13)11(18-16-8)12(19)14-9-6-7(4-2)15-17-9/h6H,3-5,13H2,1-2H3,(H,16,18)(H2,14,15,17,19). The highest BCUT2D eigenvalue weighted by atomic mass is 16.2. The second kappa shape index (κ2) is 5.55. The largest absolute Gasteiger partial charge is 0.395 e. The van der Waals surface area contributed by atoms with Crippen molar-refractivity contribution >= 4 is 17.4 Å². The number of nitrogens with zero attached hydrogens (tertiary/aromatic N) is 2. The Hall–Kier alpha value is -2.31. The van der Waals surface area contributed by atoms with Gasteiger partial charge in [-0.3, -0.25) is 15.0 Å². The third kappa shape index (κ3) is 2.75. The summed E-state index contributed by atoms with van der Waals surface area (Å²) in [4.78, 5) is 12.0. The maximum atomic E-state index is 12.0. The molecule has 0 aliphatic rings. The van der Waals surface area contributed by atoms with Gasteiger partial charge in [-0.05, 0) is 12.8 Å². The molecule has 2 aromatic heterocycles. The van der Waals surface area contributed by atoms with Crippen LogP contribution < -0.4 is 11.1 Å². The first-order chi connectivity index (χ1) is 9.15. The molecule has 0 aliphatic heterocycles. The van der Waals surface area contributed by atoms with Gasteiger partial charge in [0.15, 0.2) is 11.5 Å². The molecule has 5 N–H and O–H groups in total. The van der Waals surface area contributed by atoms with Gasteiger partial charge in [0.25, 0.3) is 5.91 Å². The summed E-state index contributed by atoms with van der Waals surface area (Å²) in [5.74, 6) is 0.117. The first kappa shape index (κ1) is 13.1. The number of hydrogen-bond donors (Lipinski definition) is 4. The van der Waals surface area contributed by atoms with E-state index in [1.165, 1.54) is 0 Å². The average molecular weight is 262 g/mol. The summed E-state index contributed by atoms with van der Waals surface area (Å²) < 4.78 is 0. The third-order valence-electron chi connectivity index (χ3n) is 2.85. The van der Waals surface area contributed by atoms with E-state index >= 15 is 0 Å². The fourth-order valence-corrected chi connectivity index (χ4v) is 1.78. The summed E-state index contributed by atoms with van der Waals surface area (Å²) in [6.45, 7) is 4.04. The number of anilines is 2. The van der Waals surface area contributed by atoms with Crippen molar-refractivity contribution in [3.8, 4) is 0 Å². The summed E-state index contributed by atoms with van der Waals surface area (Å²) in [5, 5.41) is 16.2. The number of nitrogen functional groups attached to an aromatic ring is 1. The number of carbonyl (C=O) groups excluding carboxylic acids is 1. The molecule has 102 valence electrons. The molecule has 0 unspecified atom stereocenters. The Morgan fingerprint density at radius 3 is 2.79 bits per heavy atom. The predicted molar refractivity (Wildman–Crippen MR) is 72.9 cm³/mol. The van der Waals surface area contributed by atoms with Crippen molar-refractivity contribution in [1.29, 1.82) is 0 Å². The van der Waals surface area contributed by atoms with E-state index in [0.717, 1.165) is 30.7 Å². The molecule has 19 heavy (non-hydrogen) atoms. The zero-order chi connectivity index (χ0) is 13.8. The van der Waals surface area contributed by atoms with E-state index in [0.29, 0.717) is 11.5 Å². The van der Waals surface area contributed by atoms with Crippen LogP contribution in [0.1, 0.15) is 42.1 Å². The van der Waals surface area contributed by atoms with Crippen LogP contribution in [0.25, 0.3) is 0 Å². The Kier molecular flexibility index (Phi) is 3.84. The number of aryl methyl sites for hydroxylation is 2. The highest BCUT2D eigenvalue weighted by molar-refractivity contribution is 6.06. The zero-order valence-corrected chi connectivity index (χ0v) is 11.1. The molecular weight excluding hydrogens is 244 g/mol. The number of nitrogens with one attached hydrogen (secondary N) is 3. The Bertz CT molecular complexity index is 571. The number of carbonyl (C=O) groups is 1. The normalized spacial score (nSPS) is 10.6. The molecular formula is C12H18N6O. The van der Waals surface area contributed by atoms with Crippen molar-refractivity contribution in [3.63, 3.8) is 0 Å². The molecule has 2 aromatic rings. The molecule has 7 nitrogen and oxygen atoms in total. The van der Waals surface area contributed by atoms with Crippen LogP contribution in [0.15, 0.2) is 6.07 Å². The Balaban J connectivity index is 2.11. The van der Waals surface area contributed by atoms with Crippen LogP contribution in [0.2, 0.25) is 0 Å². The lowest BCUT2D eigenvalue weighted by atomic mass is 10.2. The fraction of sp³-hybridized carbons (Fsp3) is 0.417. The lowest BCUT2D eigenvalue weighted by molar-refractivity contribution is 0.102. The van der Waals surface area contributed by atoms with Crippen molar-refractivity contribution < 1.29 is 4.79 Å². The zero-order valence-electron chi connectivity index (χ0n) is 11.1. The molecule has 0 bridgehead atoms. The number of rotatable bonds is 5.